The third-order valence-electron chi connectivity index (χ3n) is 4.19. The number of hydrogen-bond donors (Lipinski definition) is 2. The van der Waals surface area contributed by atoms with Crippen molar-refractivity contribution in [3.8, 4) is 0 Å². The SMILES string of the molecule is CCNC(=NCc1ccc(N(C)C)cc1C)NCc1cc(C(C)C)no1.I. The molecule has 0 fully saturated rings. The number of rotatable bonds is 7. The first kappa shape index (κ1) is 23.3. The molecule has 0 unspecified atom stereocenters. The van der Waals surface area contributed by atoms with Crippen molar-refractivity contribution in [3.63, 3.8) is 0 Å². The maximum atomic E-state index is 5.37. The second-order valence-corrected chi connectivity index (χ2v) is 6.93. The summed E-state index contributed by atoms with van der Waals surface area (Å²) in [4.78, 5) is 6.80. The minimum absolute atomic E-state index is 0. The zero-order valence-corrected chi connectivity index (χ0v) is 19.5. The van der Waals surface area contributed by atoms with Gasteiger partial charge in [-0.05, 0) is 43.0 Å². The van der Waals surface area contributed by atoms with E-state index in [1.165, 1.54) is 16.8 Å². The van der Waals surface area contributed by atoms with Crippen LogP contribution in [-0.4, -0.2) is 31.8 Å². The monoisotopic (exact) mass is 485 g/mol. The lowest BCUT2D eigenvalue weighted by Gasteiger charge is -2.15. The summed E-state index contributed by atoms with van der Waals surface area (Å²) >= 11 is 0. The molecular weight excluding hydrogens is 453 g/mol. The molecule has 0 aliphatic heterocycles. The normalized spacial score (nSPS) is 11.3. The molecule has 0 saturated carbocycles. The van der Waals surface area contributed by atoms with E-state index in [0.29, 0.717) is 19.0 Å². The molecule has 27 heavy (non-hydrogen) atoms. The van der Waals surface area contributed by atoms with Gasteiger partial charge in [-0.1, -0.05) is 25.1 Å². The largest absolute Gasteiger partial charge is 0.378 e. The highest BCUT2D eigenvalue weighted by Gasteiger charge is 2.08. The average molecular weight is 485 g/mol. The first-order valence-corrected chi connectivity index (χ1v) is 9.15. The van der Waals surface area contributed by atoms with Gasteiger partial charge in [0.2, 0.25) is 0 Å². The van der Waals surface area contributed by atoms with Crippen LogP contribution in [0.15, 0.2) is 33.8 Å². The summed E-state index contributed by atoms with van der Waals surface area (Å²) < 4.78 is 5.37. The molecule has 6 nitrogen and oxygen atoms in total. The summed E-state index contributed by atoms with van der Waals surface area (Å²) in [5, 5.41) is 10.7. The van der Waals surface area contributed by atoms with E-state index in [0.717, 1.165) is 24.0 Å². The molecule has 0 bridgehead atoms. The second kappa shape index (κ2) is 11.2. The molecule has 1 aromatic carbocycles. The van der Waals surface area contributed by atoms with Crippen LogP contribution in [0.5, 0.6) is 0 Å². The van der Waals surface area contributed by atoms with Crippen molar-refractivity contribution in [3.05, 3.63) is 46.8 Å². The van der Waals surface area contributed by atoms with Gasteiger partial charge >= 0.3 is 0 Å². The summed E-state index contributed by atoms with van der Waals surface area (Å²) in [6.45, 7) is 10.4. The van der Waals surface area contributed by atoms with E-state index in [-0.39, 0.29) is 24.0 Å². The zero-order valence-electron chi connectivity index (χ0n) is 17.2. The number of aromatic nitrogens is 1. The van der Waals surface area contributed by atoms with Crippen molar-refractivity contribution in [2.75, 3.05) is 25.5 Å². The summed E-state index contributed by atoms with van der Waals surface area (Å²) in [5.74, 6) is 1.94. The predicted octanol–water partition coefficient (Wildman–Crippen LogP) is 4.05. The standard InChI is InChI=1S/C20H31N5O.HI/c1-7-21-20(23-13-18-11-19(14(2)3)24-26-18)22-12-16-8-9-17(25(5)6)10-15(16)4;/h8-11,14H,7,12-13H2,1-6H3,(H2,21,22,23);1H. The molecule has 0 saturated heterocycles. The summed E-state index contributed by atoms with van der Waals surface area (Å²) in [7, 11) is 4.10. The van der Waals surface area contributed by atoms with E-state index in [1.54, 1.807) is 0 Å². The fraction of sp³-hybridized carbons (Fsp3) is 0.500. The van der Waals surface area contributed by atoms with Crippen molar-refractivity contribution in [1.82, 2.24) is 15.8 Å². The first-order chi connectivity index (χ1) is 12.4. The van der Waals surface area contributed by atoms with Crippen molar-refractivity contribution < 1.29 is 4.52 Å². The Hall–Kier alpha value is -1.77. The lowest BCUT2D eigenvalue weighted by Crippen LogP contribution is -2.36. The van der Waals surface area contributed by atoms with Crippen LogP contribution in [0.2, 0.25) is 0 Å². The summed E-state index contributed by atoms with van der Waals surface area (Å²) in [6.07, 6.45) is 0. The highest BCUT2D eigenvalue weighted by atomic mass is 127. The van der Waals surface area contributed by atoms with Gasteiger partial charge in [0, 0.05) is 32.4 Å². The molecule has 2 rings (SSSR count). The lowest BCUT2D eigenvalue weighted by molar-refractivity contribution is 0.372. The fourth-order valence-electron chi connectivity index (χ4n) is 2.50. The van der Waals surface area contributed by atoms with Crippen LogP contribution in [0, 0.1) is 6.92 Å². The number of aryl methyl sites for hydroxylation is 1. The zero-order chi connectivity index (χ0) is 19.1. The van der Waals surface area contributed by atoms with E-state index in [2.05, 4.69) is 66.6 Å². The molecule has 0 aliphatic carbocycles. The highest BCUT2D eigenvalue weighted by Crippen LogP contribution is 2.18. The van der Waals surface area contributed by atoms with Crippen molar-refractivity contribution in [2.24, 2.45) is 4.99 Å². The van der Waals surface area contributed by atoms with E-state index >= 15 is 0 Å². The Morgan fingerprint density at radius 3 is 2.52 bits per heavy atom. The van der Waals surface area contributed by atoms with Crippen LogP contribution in [0.1, 0.15) is 49.3 Å². The Morgan fingerprint density at radius 2 is 1.96 bits per heavy atom. The maximum absolute atomic E-state index is 5.37. The molecule has 1 heterocycles. The van der Waals surface area contributed by atoms with Gasteiger partial charge in [-0.25, -0.2) is 4.99 Å². The number of hydrogen-bond acceptors (Lipinski definition) is 4. The van der Waals surface area contributed by atoms with Gasteiger partial charge in [0.05, 0.1) is 18.8 Å². The summed E-state index contributed by atoms with van der Waals surface area (Å²) in [5.41, 5.74) is 4.63. The van der Waals surface area contributed by atoms with Gasteiger partial charge in [0.25, 0.3) is 0 Å². The number of nitrogens with zero attached hydrogens (tertiary/aromatic N) is 3. The van der Waals surface area contributed by atoms with Crippen LogP contribution >= 0.6 is 24.0 Å². The Kier molecular flexibility index (Phi) is 9.62. The number of anilines is 1. The molecule has 150 valence electrons. The third kappa shape index (κ3) is 7.04. The first-order valence-electron chi connectivity index (χ1n) is 9.15. The van der Waals surface area contributed by atoms with Crippen LogP contribution in [0.4, 0.5) is 5.69 Å². The minimum Gasteiger partial charge on any atom is -0.378 e. The Labute approximate surface area is 179 Å². The molecule has 2 aromatic rings. The van der Waals surface area contributed by atoms with E-state index in [4.69, 9.17) is 9.52 Å². The van der Waals surface area contributed by atoms with E-state index in [1.807, 2.05) is 20.2 Å². The van der Waals surface area contributed by atoms with Gasteiger partial charge in [0.1, 0.15) is 0 Å². The maximum Gasteiger partial charge on any atom is 0.191 e. The average Bonchev–Trinajstić information content (AvgIpc) is 3.07. The second-order valence-electron chi connectivity index (χ2n) is 6.93. The quantitative estimate of drug-likeness (QED) is 0.352. The van der Waals surface area contributed by atoms with Crippen molar-refractivity contribution in [1.29, 1.82) is 0 Å². The van der Waals surface area contributed by atoms with E-state index < -0.39 is 0 Å². The highest BCUT2D eigenvalue weighted by molar-refractivity contribution is 14.0. The predicted molar refractivity (Wildman–Crippen MR) is 123 cm³/mol. The topological polar surface area (TPSA) is 65.7 Å². The Balaban J connectivity index is 0.00000364. The van der Waals surface area contributed by atoms with Gasteiger partial charge in [-0.2, -0.15) is 0 Å². The van der Waals surface area contributed by atoms with Crippen LogP contribution in [-0.2, 0) is 13.1 Å². The number of halogens is 1. The summed E-state index contributed by atoms with van der Waals surface area (Å²) in [6, 6.07) is 8.45. The van der Waals surface area contributed by atoms with E-state index in [9.17, 15) is 0 Å². The molecular formula is C20H32IN5O. The molecule has 1 aromatic heterocycles. The number of nitrogens with one attached hydrogen (secondary N) is 2. The fourth-order valence-corrected chi connectivity index (χ4v) is 2.50. The van der Waals surface area contributed by atoms with Gasteiger partial charge in [0.15, 0.2) is 11.7 Å². The van der Waals surface area contributed by atoms with Crippen molar-refractivity contribution in [2.45, 2.75) is 46.7 Å². The minimum atomic E-state index is 0. The van der Waals surface area contributed by atoms with Gasteiger partial charge in [-0.15, -0.1) is 24.0 Å². The van der Waals surface area contributed by atoms with Gasteiger partial charge < -0.3 is 20.1 Å². The third-order valence-corrected chi connectivity index (χ3v) is 4.19. The lowest BCUT2D eigenvalue weighted by atomic mass is 10.1. The number of benzene rings is 1. The number of aliphatic imine (C=N–C) groups is 1. The number of guanidine groups is 1. The molecule has 0 aliphatic rings. The van der Waals surface area contributed by atoms with Gasteiger partial charge in [-0.3, -0.25) is 0 Å². The van der Waals surface area contributed by atoms with Crippen LogP contribution in [0.25, 0.3) is 0 Å². The van der Waals surface area contributed by atoms with Crippen LogP contribution in [0.3, 0.4) is 0 Å². The Bertz CT molecular complexity index is 740. The smallest absolute Gasteiger partial charge is 0.191 e. The van der Waals surface area contributed by atoms with Crippen molar-refractivity contribution >= 4 is 35.6 Å². The Morgan fingerprint density at radius 1 is 1.22 bits per heavy atom. The molecule has 0 amide bonds. The van der Waals surface area contributed by atoms with Crippen LogP contribution < -0.4 is 15.5 Å². The molecule has 2 N–H and O–H groups in total. The molecule has 0 spiro atoms. The molecule has 7 heteroatoms. The molecule has 0 radical (unpaired) electrons. The molecule has 0 atom stereocenters.